The van der Waals surface area contributed by atoms with Gasteiger partial charge in [-0.05, 0) is 34.1 Å². The van der Waals surface area contributed by atoms with Gasteiger partial charge in [-0.1, -0.05) is 11.6 Å². The molecule has 0 bridgehead atoms. The SMILES string of the molecule is Nc1cc(Br)c(F)cc1Oc1cc(F)ccc1Cl. The molecule has 2 aromatic carbocycles. The number of nitrogens with two attached hydrogens (primary N) is 1. The first-order chi connectivity index (χ1) is 8.47. The van der Waals surface area contributed by atoms with E-state index in [2.05, 4.69) is 15.9 Å². The van der Waals surface area contributed by atoms with Gasteiger partial charge in [-0.25, -0.2) is 8.78 Å². The van der Waals surface area contributed by atoms with Crippen molar-refractivity contribution in [3.63, 3.8) is 0 Å². The van der Waals surface area contributed by atoms with Gasteiger partial charge < -0.3 is 10.5 Å². The Kier molecular flexibility index (Phi) is 3.73. The van der Waals surface area contributed by atoms with Crippen molar-refractivity contribution in [2.75, 3.05) is 5.73 Å². The fraction of sp³-hybridized carbons (Fsp3) is 0. The maximum absolute atomic E-state index is 13.4. The molecular formula is C12H7BrClF2NO. The van der Waals surface area contributed by atoms with Crippen LogP contribution in [0.25, 0.3) is 0 Å². The average molecular weight is 335 g/mol. The molecule has 2 nitrogen and oxygen atoms in total. The number of halogens is 4. The quantitative estimate of drug-likeness (QED) is 0.804. The van der Waals surface area contributed by atoms with Crippen LogP contribution >= 0.6 is 27.5 Å². The molecule has 0 aromatic heterocycles. The predicted molar refractivity (Wildman–Crippen MR) is 70.0 cm³/mol. The summed E-state index contributed by atoms with van der Waals surface area (Å²) in [5.41, 5.74) is 5.88. The molecule has 0 saturated carbocycles. The number of hydrogen-bond donors (Lipinski definition) is 1. The third-order valence-corrected chi connectivity index (χ3v) is 3.09. The lowest BCUT2D eigenvalue weighted by Gasteiger charge is -2.10. The Morgan fingerprint density at radius 1 is 1.11 bits per heavy atom. The average Bonchev–Trinajstić information content (AvgIpc) is 2.30. The Bertz CT molecular complexity index is 607. The zero-order valence-corrected chi connectivity index (χ0v) is 11.2. The van der Waals surface area contributed by atoms with Gasteiger partial charge in [0.05, 0.1) is 15.2 Å². The number of rotatable bonds is 2. The lowest BCUT2D eigenvalue weighted by atomic mass is 10.3. The van der Waals surface area contributed by atoms with Crippen LogP contribution in [0.1, 0.15) is 0 Å². The Morgan fingerprint density at radius 2 is 1.83 bits per heavy atom. The van der Waals surface area contributed by atoms with Crippen molar-refractivity contribution in [3.8, 4) is 11.5 Å². The van der Waals surface area contributed by atoms with Crippen LogP contribution in [-0.2, 0) is 0 Å². The van der Waals surface area contributed by atoms with Crippen molar-refractivity contribution in [3.05, 3.63) is 51.5 Å². The highest BCUT2D eigenvalue weighted by Crippen LogP contribution is 2.35. The molecule has 0 aliphatic heterocycles. The summed E-state index contributed by atoms with van der Waals surface area (Å²) in [6.45, 7) is 0. The Morgan fingerprint density at radius 3 is 2.56 bits per heavy atom. The molecule has 0 radical (unpaired) electrons. The van der Waals surface area contributed by atoms with E-state index in [9.17, 15) is 8.78 Å². The van der Waals surface area contributed by atoms with E-state index in [1.807, 2.05) is 0 Å². The first-order valence-corrected chi connectivity index (χ1v) is 6.02. The largest absolute Gasteiger partial charge is 0.453 e. The highest BCUT2D eigenvalue weighted by molar-refractivity contribution is 9.10. The predicted octanol–water partition coefficient (Wildman–Crippen LogP) is 4.76. The van der Waals surface area contributed by atoms with Crippen molar-refractivity contribution >= 4 is 33.2 Å². The first kappa shape index (κ1) is 13.1. The maximum atomic E-state index is 13.4. The second-order valence-electron chi connectivity index (χ2n) is 3.48. The van der Waals surface area contributed by atoms with Gasteiger partial charge in [0.2, 0.25) is 0 Å². The molecule has 2 rings (SSSR count). The summed E-state index contributed by atoms with van der Waals surface area (Å²) in [6, 6.07) is 6.10. The highest BCUT2D eigenvalue weighted by atomic mass is 79.9. The monoisotopic (exact) mass is 333 g/mol. The molecule has 0 aliphatic rings. The van der Waals surface area contributed by atoms with Crippen LogP contribution in [0, 0.1) is 11.6 Å². The summed E-state index contributed by atoms with van der Waals surface area (Å²) in [4.78, 5) is 0. The molecule has 0 unspecified atom stereocenters. The van der Waals surface area contributed by atoms with Crippen molar-refractivity contribution in [1.82, 2.24) is 0 Å². The van der Waals surface area contributed by atoms with E-state index in [1.54, 1.807) is 0 Å². The minimum Gasteiger partial charge on any atom is -0.453 e. The van der Waals surface area contributed by atoms with Gasteiger partial charge in [-0.3, -0.25) is 0 Å². The molecular weight excluding hydrogens is 327 g/mol. The molecule has 0 fully saturated rings. The number of benzene rings is 2. The number of hydrogen-bond acceptors (Lipinski definition) is 2. The van der Waals surface area contributed by atoms with E-state index >= 15 is 0 Å². The van der Waals surface area contributed by atoms with Gasteiger partial charge in [0.15, 0.2) is 5.75 Å². The smallest absolute Gasteiger partial charge is 0.153 e. The molecule has 0 saturated heterocycles. The number of ether oxygens (including phenoxy) is 1. The van der Waals surface area contributed by atoms with E-state index < -0.39 is 11.6 Å². The molecule has 94 valence electrons. The normalized spacial score (nSPS) is 10.4. The van der Waals surface area contributed by atoms with E-state index in [0.717, 1.165) is 12.1 Å². The molecule has 0 aliphatic carbocycles. The van der Waals surface area contributed by atoms with Crippen LogP contribution in [0.3, 0.4) is 0 Å². The zero-order valence-electron chi connectivity index (χ0n) is 8.88. The minimum atomic E-state index is -0.535. The lowest BCUT2D eigenvalue weighted by molar-refractivity contribution is 0.473. The third-order valence-electron chi connectivity index (χ3n) is 2.17. The van der Waals surface area contributed by atoms with Crippen LogP contribution in [-0.4, -0.2) is 0 Å². The fourth-order valence-corrected chi connectivity index (χ4v) is 1.82. The van der Waals surface area contributed by atoms with Crippen molar-refractivity contribution in [1.29, 1.82) is 0 Å². The van der Waals surface area contributed by atoms with E-state index in [-0.39, 0.29) is 26.7 Å². The zero-order chi connectivity index (χ0) is 13.3. The van der Waals surface area contributed by atoms with Crippen molar-refractivity contribution in [2.24, 2.45) is 0 Å². The molecule has 0 atom stereocenters. The van der Waals surface area contributed by atoms with Crippen LogP contribution in [0.15, 0.2) is 34.8 Å². The van der Waals surface area contributed by atoms with Gasteiger partial charge in [0.25, 0.3) is 0 Å². The number of anilines is 1. The van der Waals surface area contributed by atoms with Gasteiger partial charge in [-0.15, -0.1) is 0 Å². The van der Waals surface area contributed by atoms with Crippen molar-refractivity contribution < 1.29 is 13.5 Å². The lowest BCUT2D eigenvalue weighted by Crippen LogP contribution is -1.95. The second-order valence-corrected chi connectivity index (χ2v) is 4.74. The standard InChI is InChI=1S/C12H7BrClF2NO/c13-7-4-10(17)12(5-9(7)16)18-11-3-6(15)1-2-8(11)14/h1-5H,17H2. The van der Waals surface area contributed by atoms with Crippen LogP contribution < -0.4 is 10.5 Å². The molecule has 0 amide bonds. The summed E-state index contributed by atoms with van der Waals surface area (Å²) < 4.78 is 31.9. The van der Waals surface area contributed by atoms with Gasteiger partial charge in [-0.2, -0.15) is 0 Å². The maximum Gasteiger partial charge on any atom is 0.153 e. The highest BCUT2D eigenvalue weighted by Gasteiger charge is 2.10. The Labute approximate surface area is 115 Å². The molecule has 2 N–H and O–H groups in total. The first-order valence-electron chi connectivity index (χ1n) is 4.85. The van der Waals surface area contributed by atoms with Gasteiger partial charge in [0, 0.05) is 12.1 Å². The summed E-state index contributed by atoms with van der Waals surface area (Å²) in [5.74, 6) is -0.898. The van der Waals surface area contributed by atoms with Crippen LogP contribution in [0.2, 0.25) is 5.02 Å². The summed E-state index contributed by atoms with van der Waals surface area (Å²) in [7, 11) is 0. The van der Waals surface area contributed by atoms with Crippen LogP contribution in [0.5, 0.6) is 11.5 Å². The molecule has 6 heteroatoms. The summed E-state index contributed by atoms with van der Waals surface area (Å²) in [5, 5.41) is 0.208. The topological polar surface area (TPSA) is 35.2 Å². The van der Waals surface area contributed by atoms with E-state index in [1.165, 1.54) is 18.2 Å². The van der Waals surface area contributed by atoms with Crippen LogP contribution in [0.4, 0.5) is 14.5 Å². The fourth-order valence-electron chi connectivity index (χ4n) is 1.31. The molecule has 2 aromatic rings. The number of nitrogen functional groups attached to an aromatic ring is 1. The third kappa shape index (κ3) is 2.73. The summed E-state index contributed by atoms with van der Waals surface area (Å²) in [6.07, 6.45) is 0. The Hall–Kier alpha value is -1.33. The van der Waals surface area contributed by atoms with Crippen molar-refractivity contribution in [2.45, 2.75) is 0 Å². The minimum absolute atomic E-state index is 0.0724. The van der Waals surface area contributed by atoms with Gasteiger partial charge in [0.1, 0.15) is 17.4 Å². The van der Waals surface area contributed by atoms with E-state index in [4.69, 9.17) is 22.1 Å². The molecule has 18 heavy (non-hydrogen) atoms. The Balaban J connectivity index is 2.40. The summed E-state index contributed by atoms with van der Waals surface area (Å²) >= 11 is 8.83. The second kappa shape index (κ2) is 5.12. The molecule has 0 spiro atoms. The molecule has 0 heterocycles. The van der Waals surface area contributed by atoms with Gasteiger partial charge >= 0.3 is 0 Å². The van der Waals surface area contributed by atoms with E-state index in [0.29, 0.717) is 0 Å².